The molecule has 0 radical (unpaired) electrons. The van der Waals surface area contributed by atoms with Crippen LogP contribution in [-0.2, 0) is 42.7 Å². The molecular formula is C88H78N4OPtSi-2. The van der Waals surface area contributed by atoms with Crippen molar-refractivity contribution in [2.75, 3.05) is 0 Å². The number of rotatable bonds is 12. The van der Waals surface area contributed by atoms with Gasteiger partial charge in [-0.15, -0.1) is 29.7 Å². The first-order chi connectivity index (χ1) is 61.0. The van der Waals surface area contributed by atoms with Crippen LogP contribution in [0.1, 0.15) is 156 Å². The number of para-hydroxylation sites is 2. The monoisotopic (exact) mass is 1470 g/mol. The number of hydrogen-bond acceptors (Lipinski definition) is 2. The van der Waals surface area contributed by atoms with Crippen LogP contribution >= 0.6 is 0 Å². The van der Waals surface area contributed by atoms with Crippen LogP contribution in [0.2, 0.25) is 0 Å². The van der Waals surface area contributed by atoms with Crippen LogP contribution in [0.5, 0.6) is 11.5 Å². The van der Waals surface area contributed by atoms with Crippen LogP contribution in [0.3, 0.4) is 0 Å². The molecule has 95 heavy (non-hydrogen) atoms. The maximum absolute atomic E-state index is 11.2. The van der Waals surface area contributed by atoms with Crippen LogP contribution in [0.25, 0.3) is 83.4 Å². The van der Waals surface area contributed by atoms with E-state index in [0.29, 0.717) is 22.5 Å². The minimum Gasteiger partial charge on any atom is -0.510 e. The van der Waals surface area contributed by atoms with E-state index >= 15 is 0 Å². The Kier molecular flexibility index (Phi) is 8.42. The molecule has 1 aliphatic carbocycles. The fourth-order valence-electron chi connectivity index (χ4n) is 12.1. The maximum Gasteiger partial charge on any atom is 0.268 e. The van der Waals surface area contributed by atoms with Gasteiger partial charge in [-0.2, -0.15) is 18.2 Å². The molecule has 0 atom stereocenters. The third-order valence-electron chi connectivity index (χ3n) is 16.8. The number of fused-ring (bicyclic) bond motifs is 5. The molecule has 14 aromatic rings. The van der Waals surface area contributed by atoms with E-state index in [4.69, 9.17) is 22.1 Å². The first-order valence-corrected chi connectivity index (χ1v) is 31.9. The summed E-state index contributed by atoms with van der Waals surface area (Å²) in [5.41, 5.74) is -14.5. The van der Waals surface area contributed by atoms with Gasteiger partial charge in [0.05, 0.1) is 46.9 Å². The zero-order valence-electron chi connectivity index (χ0n) is 89.7. The molecule has 15 rings (SSSR count). The first-order valence-electron chi connectivity index (χ1n) is 48.9. The summed E-state index contributed by atoms with van der Waals surface area (Å²) in [7, 11) is -6.75. The van der Waals surface area contributed by atoms with E-state index in [9.17, 15) is 39.8 Å². The Morgan fingerprint density at radius 1 is 0.526 bits per heavy atom. The van der Waals surface area contributed by atoms with Gasteiger partial charge in [0.25, 0.3) is 6.33 Å². The summed E-state index contributed by atoms with van der Waals surface area (Å²) in [4.78, 5) is 4.81. The Labute approximate surface area is 629 Å². The fraction of sp³-hybridized carbons (Fsp3) is 0.182. The van der Waals surface area contributed by atoms with E-state index in [2.05, 4.69) is 39.2 Å². The number of hydrogen-bond donors (Lipinski definition) is 0. The first kappa shape index (κ1) is 32.8. The molecule has 0 aliphatic heterocycles. The fourth-order valence-corrected chi connectivity index (χ4v) is 15.6. The van der Waals surface area contributed by atoms with Crippen LogP contribution in [0, 0.1) is 18.5 Å². The Balaban J connectivity index is 0.0000142. The van der Waals surface area contributed by atoms with E-state index in [1.54, 1.807) is 36.5 Å². The van der Waals surface area contributed by atoms with Gasteiger partial charge in [-0.1, -0.05) is 280 Å². The predicted octanol–water partition coefficient (Wildman–Crippen LogP) is 18.9. The molecule has 5 nitrogen and oxygen atoms in total. The van der Waals surface area contributed by atoms with Crippen molar-refractivity contribution < 1.29 is 82.5 Å². The number of ether oxygens (including phenoxy) is 1. The van der Waals surface area contributed by atoms with Gasteiger partial charge in [0.1, 0.15) is 5.82 Å². The minimum absolute atomic E-state index is 0. The molecule has 11 aromatic carbocycles. The Bertz CT molecular complexity index is 6980. The van der Waals surface area contributed by atoms with Crippen molar-refractivity contribution in [2.45, 2.75) is 103 Å². The van der Waals surface area contributed by atoms with Crippen molar-refractivity contribution >= 4 is 61.7 Å². The molecule has 0 N–H and O–H groups in total. The molecule has 0 fully saturated rings. The molecule has 3 heterocycles. The van der Waals surface area contributed by atoms with Gasteiger partial charge in [-0.25, -0.2) is 4.98 Å². The van der Waals surface area contributed by atoms with Gasteiger partial charge >= 0.3 is 0 Å². The summed E-state index contributed by atoms with van der Waals surface area (Å²) in [6, 6.07) is 11.4. The molecule has 0 spiro atoms. The standard InChI is InChI=1S/C88H78N4OSi.Pt/c1-85(2,3)64-43-39-60(40-44-64)61-42-48-80-82(55-61)90(66-26-23-27-67(57-66)93-68-45-46-76-75-35-20-21-38-79(75)92(81(76)58-68)83-56-65(49-52-89-83)86(4,5)6)59-91(80)84-73(36-24-37-74(84)63-41-47-77-78(54-63)88(9,10)51-50-87(77,7)8)62-25-22-34-72(53-62)94(69-28-14-11-15-29-69,70-30-16-12-17-31-70)71-32-18-13-19-33-71;/h11-49,52-56H,50-51H2,1-10H3;/q-2;/i7D3,8D3,9D3,10D3,11D,12D,13D,14D,15D,16D,17D,18D,19D,22D,25D,28D,29D,30D,31D,32D,33D,34D,41D,47D,50D2,51D2,53D,54D;. The van der Waals surface area contributed by atoms with Gasteiger partial charge in [-0.3, -0.25) is 4.57 Å². The van der Waals surface area contributed by atoms with Gasteiger partial charge in [0.2, 0.25) is 0 Å². The molecule has 0 unspecified atom stereocenters. The van der Waals surface area contributed by atoms with Crippen LogP contribution in [0.4, 0.5) is 0 Å². The number of benzene rings is 11. The van der Waals surface area contributed by atoms with Crippen molar-refractivity contribution in [3.05, 3.63) is 307 Å². The van der Waals surface area contributed by atoms with E-state index < -0.39 is 252 Å². The second-order valence-electron chi connectivity index (χ2n) is 24.8. The van der Waals surface area contributed by atoms with E-state index in [1.807, 2.05) is 92.1 Å². The van der Waals surface area contributed by atoms with E-state index in [0.717, 1.165) is 50.2 Å². The summed E-state index contributed by atoms with van der Waals surface area (Å²) in [5.74, 6) is 0.686. The largest absolute Gasteiger partial charge is 0.510 e. The minimum atomic E-state index is -6.75. The smallest absolute Gasteiger partial charge is 0.268 e. The average Bonchev–Trinajstić information content (AvgIpc) is 1.63. The number of imidazole rings is 1. The zero-order chi connectivity index (χ0) is 97.5. The van der Waals surface area contributed by atoms with Crippen LogP contribution in [0.15, 0.2) is 267 Å². The van der Waals surface area contributed by atoms with Crippen LogP contribution < -0.4 is 30.1 Å². The second kappa shape index (κ2) is 24.4. The number of nitrogens with zero attached hydrogens (tertiary/aromatic N) is 4. The predicted molar refractivity (Wildman–Crippen MR) is 393 cm³/mol. The summed E-state index contributed by atoms with van der Waals surface area (Å²) in [6.45, 7) is -6.08. The van der Waals surface area contributed by atoms with Crippen molar-refractivity contribution in [1.82, 2.24) is 14.1 Å². The molecule has 472 valence electrons. The quantitative estimate of drug-likeness (QED) is 0.0529. The van der Waals surface area contributed by atoms with Crippen molar-refractivity contribution in [2.24, 2.45) is 0 Å². The molecular weight excluding hydrogens is 1350 g/mol. The van der Waals surface area contributed by atoms with Gasteiger partial charge < -0.3 is 13.9 Å². The molecule has 7 heteroatoms. The Hall–Kier alpha value is -9.45. The van der Waals surface area contributed by atoms with Crippen molar-refractivity contribution in [3.8, 4) is 62.1 Å². The SMILES string of the molecule is [2H]c1c([2H])c([2H])c([Si](c2c([2H])c([2H])c([2H])c([2H])c2[2H])(c2c([2H])c([2H])c([2H])c([2H])c2[2H])c2c([2H])c([2H])c([2H])c(-c3cccc(-c4c([2H])c([2H])c5c(c4[2H])C(C([2H])([2H])[2H])(C([2H])([2H])[2H])C([2H])([2H])C([2H])([2H])C5(C([2H])([2H])[2H])C([2H])([2H])[2H])c3-[n+]3[c-]n(-c4[c-]c(Oc5[c-]c6c(cc5)c5ccccc5n6-c5cc(C(C)(C)C)ccn5)ccc4)c4cc(-c5ccc(C(C)(C)C)cc5)ccc43)c2[2H])c([2H])c1[2H].[Pt]. The molecule has 3 aromatic heterocycles. The Morgan fingerprint density at radius 2 is 1.14 bits per heavy atom. The van der Waals surface area contributed by atoms with Crippen molar-refractivity contribution in [3.63, 3.8) is 0 Å². The van der Waals surface area contributed by atoms with Gasteiger partial charge in [0.15, 0.2) is 8.07 Å². The zero-order valence-corrected chi connectivity index (χ0v) is 55.0. The van der Waals surface area contributed by atoms with Crippen molar-refractivity contribution in [1.29, 1.82) is 0 Å². The summed E-state index contributed by atoms with van der Waals surface area (Å²) in [6.07, 6.45) is -4.71. The molecule has 0 saturated carbocycles. The van der Waals surface area contributed by atoms with E-state index in [-0.39, 0.29) is 60.1 Å². The number of aromatic nitrogens is 4. The van der Waals surface area contributed by atoms with Crippen LogP contribution in [-0.4, -0.2) is 22.2 Å². The molecule has 0 amide bonds. The second-order valence-corrected chi connectivity index (χ2v) is 28.3. The maximum atomic E-state index is 11.2. The summed E-state index contributed by atoms with van der Waals surface area (Å²) in [5, 5.41) is -3.44. The van der Waals surface area contributed by atoms with Gasteiger partial charge in [0, 0.05) is 66.2 Å². The molecule has 0 saturated heterocycles. The number of pyridine rings is 1. The third kappa shape index (κ3) is 11.3. The van der Waals surface area contributed by atoms with Gasteiger partial charge in [-0.05, 0) is 146 Å². The van der Waals surface area contributed by atoms with E-state index in [1.165, 1.54) is 16.7 Å². The third-order valence-corrected chi connectivity index (χ3v) is 20.8. The summed E-state index contributed by atoms with van der Waals surface area (Å²) >= 11 is 0. The Morgan fingerprint density at radius 3 is 1.80 bits per heavy atom. The topological polar surface area (TPSA) is 35.9 Å². The average molecular weight is 1470 g/mol. The molecule has 1 aliphatic rings. The molecule has 0 bridgehead atoms. The summed E-state index contributed by atoms with van der Waals surface area (Å²) < 4.78 is 376. The normalized spacial score (nSPS) is 21.1.